The Kier molecular flexibility index (Phi) is 5.89. The number of alkyl halides is 3. The lowest BCUT2D eigenvalue weighted by molar-refractivity contribution is -0.274. The molecule has 0 aliphatic carbocycles. The first-order valence-corrected chi connectivity index (χ1v) is 12.6. The van der Waals surface area contributed by atoms with Gasteiger partial charge < -0.3 is 9.30 Å². The Hall–Kier alpha value is -3.62. The van der Waals surface area contributed by atoms with Crippen LogP contribution in [0.25, 0.3) is 11.1 Å². The van der Waals surface area contributed by atoms with E-state index in [1.54, 1.807) is 22.8 Å². The number of halogens is 3. The van der Waals surface area contributed by atoms with E-state index in [0.29, 0.717) is 29.8 Å². The molecular formula is C25H20F3N3O4S. The van der Waals surface area contributed by atoms with Crippen LogP contribution in [-0.2, 0) is 16.6 Å². The van der Waals surface area contributed by atoms with Crippen molar-refractivity contribution in [3.63, 3.8) is 0 Å². The van der Waals surface area contributed by atoms with Gasteiger partial charge in [-0.2, -0.15) is 9.57 Å². The number of nitrogens with zero attached hydrogens (tertiary/aromatic N) is 3. The molecule has 3 aromatic rings. The van der Waals surface area contributed by atoms with Crippen molar-refractivity contribution in [2.45, 2.75) is 30.1 Å². The maximum atomic E-state index is 13.5. The molecule has 5 rings (SSSR count). The summed E-state index contributed by atoms with van der Waals surface area (Å²) < 4.78 is 71.6. The van der Waals surface area contributed by atoms with Crippen LogP contribution < -0.4 is 10.3 Å². The van der Waals surface area contributed by atoms with Gasteiger partial charge in [0.05, 0.1) is 10.5 Å². The van der Waals surface area contributed by atoms with Crippen molar-refractivity contribution >= 4 is 10.0 Å². The molecular weight excluding hydrogens is 495 g/mol. The van der Waals surface area contributed by atoms with Gasteiger partial charge in [0.1, 0.15) is 11.8 Å². The van der Waals surface area contributed by atoms with Crippen molar-refractivity contribution in [3.05, 3.63) is 82.3 Å². The summed E-state index contributed by atoms with van der Waals surface area (Å²) in [4.78, 5) is 12.7. The molecule has 2 unspecified atom stereocenters. The van der Waals surface area contributed by atoms with Gasteiger partial charge in [0.15, 0.2) is 0 Å². The van der Waals surface area contributed by atoms with Crippen molar-refractivity contribution in [1.82, 2.24) is 8.87 Å². The molecule has 2 bridgehead atoms. The van der Waals surface area contributed by atoms with E-state index in [2.05, 4.69) is 4.74 Å². The highest BCUT2D eigenvalue weighted by Crippen LogP contribution is 2.41. The predicted octanol–water partition coefficient (Wildman–Crippen LogP) is 4.09. The predicted molar refractivity (Wildman–Crippen MR) is 124 cm³/mol. The van der Waals surface area contributed by atoms with E-state index in [9.17, 15) is 31.6 Å². The fourth-order valence-corrected chi connectivity index (χ4v) is 6.87. The largest absolute Gasteiger partial charge is 0.573 e. The Bertz CT molecular complexity index is 1530. The van der Waals surface area contributed by atoms with Crippen molar-refractivity contribution in [3.8, 4) is 22.9 Å². The third-order valence-electron chi connectivity index (χ3n) is 6.58. The van der Waals surface area contributed by atoms with E-state index in [1.807, 2.05) is 6.07 Å². The van der Waals surface area contributed by atoms with E-state index in [1.165, 1.54) is 46.8 Å². The lowest BCUT2D eigenvalue weighted by atomic mass is 9.81. The van der Waals surface area contributed by atoms with Gasteiger partial charge in [-0.1, -0.05) is 24.3 Å². The zero-order valence-corrected chi connectivity index (χ0v) is 19.6. The number of pyridine rings is 1. The summed E-state index contributed by atoms with van der Waals surface area (Å²) in [6, 6.07) is 16.4. The van der Waals surface area contributed by atoms with Gasteiger partial charge in [-0.05, 0) is 48.2 Å². The molecule has 0 N–H and O–H groups in total. The normalized spacial score (nSPS) is 19.8. The van der Waals surface area contributed by atoms with Crippen molar-refractivity contribution in [1.29, 1.82) is 5.26 Å². The van der Waals surface area contributed by atoms with Crippen molar-refractivity contribution < 1.29 is 26.3 Å². The van der Waals surface area contributed by atoms with Crippen LogP contribution in [0.5, 0.6) is 5.75 Å². The Morgan fingerprint density at radius 1 is 0.972 bits per heavy atom. The minimum Gasteiger partial charge on any atom is -0.406 e. The molecule has 1 fully saturated rings. The highest BCUT2D eigenvalue weighted by molar-refractivity contribution is 7.89. The van der Waals surface area contributed by atoms with Gasteiger partial charge in [-0.25, -0.2) is 8.42 Å². The van der Waals surface area contributed by atoms with E-state index in [4.69, 9.17) is 0 Å². The molecule has 11 heteroatoms. The summed E-state index contributed by atoms with van der Waals surface area (Å²) in [5.74, 6) is -0.772. The number of hydrogen-bond acceptors (Lipinski definition) is 5. The average molecular weight is 516 g/mol. The van der Waals surface area contributed by atoms with Crippen LogP contribution in [0.1, 0.15) is 23.6 Å². The second-order valence-electron chi connectivity index (χ2n) is 8.88. The molecule has 2 aliphatic heterocycles. The number of benzene rings is 2. The molecule has 1 saturated heterocycles. The lowest BCUT2D eigenvalue weighted by Crippen LogP contribution is -2.49. The number of ether oxygens (including phenoxy) is 1. The monoisotopic (exact) mass is 515 g/mol. The van der Waals surface area contributed by atoms with Gasteiger partial charge in [0.25, 0.3) is 5.56 Å². The molecule has 36 heavy (non-hydrogen) atoms. The Balaban J connectivity index is 1.53. The van der Waals surface area contributed by atoms with Crippen LogP contribution in [0, 0.1) is 17.2 Å². The van der Waals surface area contributed by atoms with E-state index in [-0.39, 0.29) is 46.7 Å². The molecule has 0 radical (unpaired) electrons. The Labute approximate surface area is 205 Å². The van der Waals surface area contributed by atoms with Crippen molar-refractivity contribution in [2.75, 3.05) is 13.1 Å². The first kappa shape index (κ1) is 24.1. The standard InChI is InChI=1S/C25H20F3N3O4S/c26-25(27,28)35-20-7-5-17(6-8-20)21-9-10-23(32)31-14-16-11-19(24(21)31)15-30(13-16)36(33,34)22-4-2-1-3-18(22)12-29/h1-10,16,19H,11,13-15H2. The first-order chi connectivity index (χ1) is 17.1. The van der Waals surface area contributed by atoms with Crippen LogP contribution in [0.15, 0.2) is 70.4 Å². The summed E-state index contributed by atoms with van der Waals surface area (Å²) >= 11 is 0. The summed E-state index contributed by atoms with van der Waals surface area (Å²) in [7, 11) is -3.96. The summed E-state index contributed by atoms with van der Waals surface area (Å²) in [5.41, 5.74) is 1.73. The molecule has 186 valence electrons. The Morgan fingerprint density at radius 3 is 2.39 bits per heavy atom. The lowest BCUT2D eigenvalue weighted by Gasteiger charge is -2.43. The van der Waals surface area contributed by atoms with Gasteiger partial charge >= 0.3 is 6.36 Å². The molecule has 3 heterocycles. The Morgan fingerprint density at radius 2 is 1.69 bits per heavy atom. The maximum Gasteiger partial charge on any atom is 0.573 e. The third-order valence-corrected chi connectivity index (χ3v) is 8.47. The van der Waals surface area contributed by atoms with Gasteiger partial charge in [-0.3, -0.25) is 4.79 Å². The smallest absolute Gasteiger partial charge is 0.406 e. The minimum atomic E-state index is -4.81. The number of nitriles is 1. The summed E-state index contributed by atoms with van der Waals surface area (Å²) in [5, 5.41) is 9.40. The quantitative estimate of drug-likeness (QED) is 0.522. The SMILES string of the molecule is N#Cc1ccccc1S(=O)(=O)N1CC2CC(C1)c1c(-c3ccc(OC(F)(F)F)cc3)ccc(=O)n1C2. The number of sulfonamides is 1. The number of fused-ring (bicyclic) bond motifs is 4. The van der Waals surface area contributed by atoms with Crippen LogP contribution >= 0.6 is 0 Å². The van der Waals surface area contributed by atoms with Crippen LogP contribution in [-0.4, -0.2) is 36.7 Å². The molecule has 0 saturated carbocycles. The number of hydrogen-bond donors (Lipinski definition) is 0. The topological polar surface area (TPSA) is 92.4 Å². The van der Waals surface area contributed by atoms with E-state index in [0.717, 1.165) is 0 Å². The van der Waals surface area contributed by atoms with Crippen LogP contribution in [0.4, 0.5) is 13.2 Å². The highest BCUT2D eigenvalue weighted by atomic mass is 32.2. The fraction of sp³-hybridized carbons (Fsp3) is 0.280. The fourth-order valence-electron chi connectivity index (χ4n) is 5.17. The van der Waals surface area contributed by atoms with E-state index < -0.39 is 16.4 Å². The van der Waals surface area contributed by atoms with E-state index >= 15 is 0 Å². The molecule has 2 aliphatic rings. The molecule has 0 amide bonds. The summed E-state index contributed by atoms with van der Waals surface area (Å²) in [6.07, 6.45) is -4.14. The third kappa shape index (κ3) is 4.38. The minimum absolute atomic E-state index is 0.0570. The molecule has 0 spiro atoms. The number of aromatic nitrogens is 1. The zero-order chi connectivity index (χ0) is 25.7. The van der Waals surface area contributed by atoms with Crippen LogP contribution in [0.2, 0.25) is 0 Å². The first-order valence-electron chi connectivity index (χ1n) is 11.2. The molecule has 2 aromatic carbocycles. The number of piperidine rings is 1. The second-order valence-corrected chi connectivity index (χ2v) is 10.8. The second kappa shape index (κ2) is 8.80. The molecule has 7 nitrogen and oxygen atoms in total. The summed E-state index contributed by atoms with van der Waals surface area (Å²) in [6.45, 7) is 0.655. The zero-order valence-electron chi connectivity index (χ0n) is 18.8. The highest BCUT2D eigenvalue weighted by Gasteiger charge is 2.41. The van der Waals surface area contributed by atoms with Gasteiger partial charge in [0.2, 0.25) is 10.0 Å². The van der Waals surface area contributed by atoms with Gasteiger partial charge in [-0.15, -0.1) is 13.2 Å². The van der Waals surface area contributed by atoms with Crippen LogP contribution in [0.3, 0.4) is 0 Å². The molecule has 1 aromatic heterocycles. The number of rotatable bonds is 4. The van der Waals surface area contributed by atoms with Gasteiger partial charge in [0, 0.05) is 42.9 Å². The maximum absolute atomic E-state index is 13.5. The molecule has 2 atom stereocenters. The average Bonchev–Trinajstić information content (AvgIpc) is 2.84. The van der Waals surface area contributed by atoms with Crippen molar-refractivity contribution in [2.24, 2.45) is 5.92 Å².